The molecule has 0 aliphatic carbocycles. The molecule has 1 aromatic heterocycles. The summed E-state index contributed by atoms with van der Waals surface area (Å²) in [6, 6.07) is 4.74. The van der Waals surface area contributed by atoms with Crippen LogP contribution in [0.3, 0.4) is 0 Å². The molecule has 2 amide bonds. The van der Waals surface area contributed by atoms with Crippen molar-refractivity contribution in [2.24, 2.45) is 7.05 Å². The average Bonchev–Trinajstić information content (AvgIpc) is 3.13. The summed E-state index contributed by atoms with van der Waals surface area (Å²) in [5, 5.41) is 6.80. The fourth-order valence-corrected chi connectivity index (χ4v) is 5.08. The second-order valence-electron chi connectivity index (χ2n) is 8.77. The molecule has 1 aliphatic rings. The number of anilines is 2. The van der Waals surface area contributed by atoms with Gasteiger partial charge in [-0.2, -0.15) is 13.5 Å². The standard InChI is InChI=1S/C22H33N5O4S.Na.H/c1-15(2)17-10-18(16(3)4)12-19(11-17)24-22(28)25-32(29,30)27(20-6-8-31-9-7-20)21-13-23-26(5)14-21;;/h10-16,20H,6-9H2,1-5H3,(H2,24,25,28);;. The first-order chi connectivity index (χ1) is 15.1. The second kappa shape index (κ2) is 11.7. The summed E-state index contributed by atoms with van der Waals surface area (Å²) >= 11 is 0. The molecule has 0 spiro atoms. The average molecular weight is 488 g/mol. The van der Waals surface area contributed by atoms with Gasteiger partial charge in [0.05, 0.1) is 17.9 Å². The monoisotopic (exact) mass is 487 g/mol. The van der Waals surface area contributed by atoms with Gasteiger partial charge in [0.2, 0.25) is 0 Å². The van der Waals surface area contributed by atoms with Crippen LogP contribution in [0.15, 0.2) is 30.6 Å². The summed E-state index contributed by atoms with van der Waals surface area (Å²) in [5.74, 6) is 0.547. The van der Waals surface area contributed by atoms with E-state index in [9.17, 15) is 13.2 Å². The Hall–Kier alpha value is -1.59. The zero-order chi connectivity index (χ0) is 23.5. The van der Waals surface area contributed by atoms with Crippen LogP contribution in [0.2, 0.25) is 0 Å². The maximum absolute atomic E-state index is 13.3. The number of nitrogens with one attached hydrogen (secondary N) is 2. The number of hydrogen-bond donors (Lipinski definition) is 2. The number of ether oxygens (including phenoxy) is 1. The number of carbonyl (C=O) groups excluding carboxylic acids is 1. The quantitative estimate of drug-likeness (QED) is 0.584. The van der Waals surface area contributed by atoms with Crippen molar-refractivity contribution >= 4 is 57.2 Å². The number of amides is 2. The van der Waals surface area contributed by atoms with Crippen LogP contribution in [0.1, 0.15) is 63.5 Å². The number of benzene rings is 1. The maximum atomic E-state index is 13.3. The molecule has 11 heteroatoms. The van der Waals surface area contributed by atoms with E-state index in [0.29, 0.717) is 37.4 Å². The molecular formula is C22H34N5NaO4S. The molecule has 178 valence electrons. The zero-order valence-corrected chi connectivity index (χ0v) is 20.1. The molecular weight excluding hydrogens is 453 g/mol. The van der Waals surface area contributed by atoms with Crippen LogP contribution in [-0.2, 0) is 22.0 Å². The molecule has 0 radical (unpaired) electrons. The SMILES string of the molecule is CC(C)c1cc(NC(=O)NS(=O)(=O)N(c2cnn(C)c2)C2CCOCC2)cc(C(C)C)c1.[NaH]. The van der Waals surface area contributed by atoms with Crippen LogP contribution >= 0.6 is 0 Å². The van der Waals surface area contributed by atoms with Crippen molar-refractivity contribution in [1.29, 1.82) is 0 Å². The van der Waals surface area contributed by atoms with E-state index in [1.54, 1.807) is 13.2 Å². The van der Waals surface area contributed by atoms with Crippen molar-refractivity contribution in [3.8, 4) is 0 Å². The predicted molar refractivity (Wildman–Crippen MR) is 132 cm³/mol. The van der Waals surface area contributed by atoms with Gasteiger partial charge in [-0.25, -0.2) is 13.8 Å². The summed E-state index contributed by atoms with van der Waals surface area (Å²) in [4.78, 5) is 12.7. The van der Waals surface area contributed by atoms with E-state index < -0.39 is 16.2 Å². The van der Waals surface area contributed by atoms with Gasteiger partial charge in [0.25, 0.3) is 0 Å². The molecule has 1 aromatic carbocycles. The first-order valence-corrected chi connectivity index (χ1v) is 12.3. The van der Waals surface area contributed by atoms with Crippen LogP contribution < -0.4 is 14.3 Å². The van der Waals surface area contributed by atoms with Gasteiger partial charge in [-0.1, -0.05) is 33.8 Å². The summed E-state index contributed by atoms with van der Waals surface area (Å²) in [6.07, 6.45) is 4.17. The number of urea groups is 1. The Morgan fingerprint density at radius 1 is 1.12 bits per heavy atom. The van der Waals surface area contributed by atoms with Gasteiger partial charge in [-0.3, -0.25) is 4.68 Å². The zero-order valence-electron chi connectivity index (χ0n) is 19.3. The molecule has 2 heterocycles. The number of aromatic nitrogens is 2. The minimum atomic E-state index is -4.17. The van der Waals surface area contributed by atoms with Crippen LogP contribution in [0.25, 0.3) is 0 Å². The Bertz CT molecular complexity index is 1020. The Morgan fingerprint density at radius 3 is 2.18 bits per heavy atom. The second-order valence-corrected chi connectivity index (χ2v) is 10.3. The van der Waals surface area contributed by atoms with Crippen molar-refractivity contribution in [3.05, 3.63) is 41.7 Å². The molecule has 0 bridgehead atoms. The van der Waals surface area contributed by atoms with Crippen molar-refractivity contribution in [2.45, 2.75) is 58.4 Å². The van der Waals surface area contributed by atoms with Gasteiger partial charge in [0.15, 0.2) is 0 Å². The molecule has 1 aliphatic heterocycles. The van der Waals surface area contributed by atoms with Crippen molar-refractivity contribution < 1.29 is 17.9 Å². The predicted octanol–water partition coefficient (Wildman–Crippen LogP) is 3.07. The molecule has 0 atom stereocenters. The summed E-state index contributed by atoms with van der Waals surface area (Å²) < 4.78 is 36.9. The van der Waals surface area contributed by atoms with Gasteiger partial charge >= 0.3 is 45.8 Å². The van der Waals surface area contributed by atoms with Crippen molar-refractivity contribution in [3.63, 3.8) is 0 Å². The normalized spacial score (nSPS) is 14.8. The minimum absolute atomic E-state index is 0. The van der Waals surface area contributed by atoms with E-state index in [1.165, 1.54) is 15.2 Å². The molecule has 33 heavy (non-hydrogen) atoms. The van der Waals surface area contributed by atoms with Gasteiger partial charge in [0, 0.05) is 32.1 Å². The number of hydrogen-bond acceptors (Lipinski definition) is 5. The van der Waals surface area contributed by atoms with Gasteiger partial charge in [0.1, 0.15) is 0 Å². The third kappa shape index (κ3) is 7.19. The van der Waals surface area contributed by atoms with Crippen LogP contribution in [0.5, 0.6) is 0 Å². The molecule has 3 rings (SSSR count). The summed E-state index contributed by atoms with van der Waals surface area (Å²) in [7, 11) is -2.46. The topological polar surface area (TPSA) is 106 Å². The van der Waals surface area contributed by atoms with Gasteiger partial charge in [-0.15, -0.1) is 0 Å². The van der Waals surface area contributed by atoms with Crippen molar-refractivity contribution in [1.82, 2.24) is 14.5 Å². The molecule has 1 saturated heterocycles. The molecule has 2 aromatic rings. The molecule has 0 unspecified atom stereocenters. The third-order valence-electron chi connectivity index (χ3n) is 5.52. The summed E-state index contributed by atoms with van der Waals surface area (Å²) in [6.45, 7) is 9.23. The third-order valence-corrected chi connectivity index (χ3v) is 6.99. The Labute approximate surface area is 218 Å². The first-order valence-electron chi connectivity index (χ1n) is 10.9. The van der Waals surface area contributed by atoms with E-state index in [4.69, 9.17) is 4.74 Å². The van der Waals surface area contributed by atoms with Crippen LogP contribution in [-0.4, -0.2) is 73.0 Å². The molecule has 2 N–H and O–H groups in total. The number of aryl methyl sites for hydroxylation is 1. The fraction of sp³-hybridized carbons (Fsp3) is 0.545. The molecule has 9 nitrogen and oxygen atoms in total. The summed E-state index contributed by atoms with van der Waals surface area (Å²) in [5.41, 5.74) is 3.12. The number of rotatable bonds is 7. The van der Waals surface area contributed by atoms with Crippen LogP contribution in [0.4, 0.5) is 16.2 Å². The van der Waals surface area contributed by atoms with E-state index in [0.717, 1.165) is 11.1 Å². The van der Waals surface area contributed by atoms with E-state index >= 15 is 0 Å². The Kier molecular flexibility index (Phi) is 9.81. The molecule has 0 saturated carbocycles. The van der Waals surface area contributed by atoms with Gasteiger partial charge in [-0.05, 0) is 47.9 Å². The van der Waals surface area contributed by atoms with Crippen LogP contribution in [0, 0.1) is 0 Å². The van der Waals surface area contributed by atoms with E-state index in [2.05, 4.69) is 48.9 Å². The van der Waals surface area contributed by atoms with Gasteiger partial charge < -0.3 is 10.1 Å². The van der Waals surface area contributed by atoms with Crippen molar-refractivity contribution in [2.75, 3.05) is 22.8 Å². The van der Waals surface area contributed by atoms with E-state index in [1.807, 2.05) is 12.1 Å². The Balaban J connectivity index is 0.00000385. The fourth-order valence-electron chi connectivity index (χ4n) is 3.73. The first kappa shape index (κ1) is 27.7. The molecule has 1 fully saturated rings. The number of carbonyl (C=O) groups is 1. The van der Waals surface area contributed by atoms with E-state index in [-0.39, 0.29) is 47.4 Å². The Morgan fingerprint density at radius 2 is 1.70 bits per heavy atom. The number of nitrogens with zero attached hydrogens (tertiary/aromatic N) is 3.